The number of nitrogens with one attached hydrogen (secondary N) is 1. The molecule has 2 aromatic carbocycles. The summed E-state index contributed by atoms with van der Waals surface area (Å²) in [5.41, 5.74) is 2.35. The first-order valence-electron chi connectivity index (χ1n) is 6.82. The van der Waals surface area contributed by atoms with E-state index in [0.717, 1.165) is 13.1 Å². The fraction of sp³-hybridized carbons (Fsp3) is 0.294. The van der Waals surface area contributed by atoms with Crippen LogP contribution in [0.3, 0.4) is 0 Å². The van der Waals surface area contributed by atoms with Gasteiger partial charge in [-0.2, -0.15) is 0 Å². The molecule has 1 heterocycles. The second kappa shape index (κ2) is 4.98. The zero-order valence-corrected chi connectivity index (χ0v) is 11.4. The van der Waals surface area contributed by atoms with Gasteiger partial charge in [-0.1, -0.05) is 30.3 Å². The van der Waals surface area contributed by atoms with Crippen LogP contribution in [0.15, 0.2) is 42.5 Å². The minimum absolute atomic E-state index is 0.192. The van der Waals surface area contributed by atoms with Crippen LogP contribution in [-0.4, -0.2) is 13.1 Å². The minimum atomic E-state index is -0.454. The molecule has 1 saturated heterocycles. The highest BCUT2D eigenvalue weighted by atomic mass is 19.1. The molecule has 0 unspecified atom stereocenters. The van der Waals surface area contributed by atoms with Crippen LogP contribution in [0.2, 0.25) is 0 Å². The maximum atomic E-state index is 13.9. The van der Waals surface area contributed by atoms with E-state index in [-0.39, 0.29) is 11.0 Å². The van der Waals surface area contributed by atoms with Crippen LogP contribution < -0.4 is 5.32 Å². The zero-order valence-electron chi connectivity index (χ0n) is 11.4. The van der Waals surface area contributed by atoms with Crippen molar-refractivity contribution >= 4 is 0 Å². The molecule has 1 aliphatic rings. The number of hydrogen-bond donors (Lipinski definition) is 1. The SMILES string of the molecule is Cc1ccccc1C1(Cc2c(F)cccc2F)CNC1. The van der Waals surface area contributed by atoms with Crippen LogP contribution in [0.1, 0.15) is 16.7 Å². The predicted octanol–water partition coefficient (Wildman–Crippen LogP) is 3.36. The van der Waals surface area contributed by atoms with E-state index in [1.54, 1.807) is 0 Å². The first-order valence-corrected chi connectivity index (χ1v) is 6.82. The molecule has 0 spiro atoms. The Morgan fingerprint density at radius 2 is 1.65 bits per heavy atom. The van der Waals surface area contributed by atoms with Gasteiger partial charge in [0.15, 0.2) is 0 Å². The summed E-state index contributed by atoms with van der Waals surface area (Å²) >= 11 is 0. The van der Waals surface area contributed by atoms with Crippen LogP contribution in [0.25, 0.3) is 0 Å². The topological polar surface area (TPSA) is 12.0 Å². The van der Waals surface area contributed by atoms with Crippen molar-refractivity contribution in [3.05, 3.63) is 70.8 Å². The molecule has 1 fully saturated rings. The second-order valence-electron chi connectivity index (χ2n) is 5.58. The largest absolute Gasteiger partial charge is 0.315 e. The molecule has 0 aliphatic carbocycles. The maximum Gasteiger partial charge on any atom is 0.129 e. The van der Waals surface area contributed by atoms with E-state index in [2.05, 4.69) is 11.4 Å². The summed E-state index contributed by atoms with van der Waals surface area (Å²) in [6.45, 7) is 3.56. The highest BCUT2D eigenvalue weighted by molar-refractivity contribution is 5.39. The highest BCUT2D eigenvalue weighted by Crippen LogP contribution is 2.35. The molecular weight excluding hydrogens is 256 g/mol. The molecule has 0 amide bonds. The van der Waals surface area contributed by atoms with Crippen LogP contribution in [0.5, 0.6) is 0 Å². The lowest BCUT2D eigenvalue weighted by molar-refractivity contribution is 0.267. The summed E-state index contributed by atoms with van der Waals surface area (Å²) in [6, 6.07) is 12.2. The van der Waals surface area contributed by atoms with Gasteiger partial charge in [-0.25, -0.2) is 8.78 Å². The Labute approximate surface area is 117 Å². The summed E-state index contributed by atoms with van der Waals surface area (Å²) in [4.78, 5) is 0. The van der Waals surface area contributed by atoms with Crippen molar-refractivity contribution in [2.24, 2.45) is 0 Å². The average molecular weight is 273 g/mol. The summed E-state index contributed by atoms with van der Waals surface area (Å²) in [5.74, 6) is -0.908. The van der Waals surface area contributed by atoms with Crippen molar-refractivity contribution in [2.45, 2.75) is 18.8 Å². The van der Waals surface area contributed by atoms with E-state index < -0.39 is 11.6 Å². The van der Waals surface area contributed by atoms with Crippen LogP contribution in [0.4, 0.5) is 8.78 Å². The molecule has 0 atom stereocenters. The maximum absolute atomic E-state index is 13.9. The van der Waals surface area contributed by atoms with Crippen LogP contribution in [0, 0.1) is 18.6 Å². The Morgan fingerprint density at radius 1 is 1.00 bits per heavy atom. The molecule has 3 rings (SSSR count). The molecule has 0 radical (unpaired) electrons. The Bertz CT molecular complexity index is 612. The molecule has 20 heavy (non-hydrogen) atoms. The van der Waals surface area contributed by atoms with E-state index in [0.29, 0.717) is 6.42 Å². The van der Waals surface area contributed by atoms with Gasteiger partial charge in [0.1, 0.15) is 11.6 Å². The molecule has 1 nitrogen and oxygen atoms in total. The predicted molar refractivity (Wildman–Crippen MR) is 75.8 cm³/mol. The second-order valence-corrected chi connectivity index (χ2v) is 5.58. The minimum Gasteiger partial charge on any atom is -0.315 e. The lowest BCUT2D eigenvalue weighted by Gasteiger charge is -2.44. The van der Waals surface area contributed by atoms with Crippen molar-refractivity contribution in [2.75, 3.05) is 13.1 Å². The summed E-state index contributed by atoms with van der Waals surface area (Å²) in [7, 11) is 0. The van der Waals surface area contributed by atoms with Gasteiger partial charge in [0, 0.05) is 24.1 Å². The van der Waals surface area contributed by atoms with Crippen molar-refractivity contribution < 1.29 is 8.78 Å². The average Bonchev–Trinajstić information content (AvgIpc) is 2.38. The van der Waals surface area contributed by atoms with Gasteiger partial charge >= 0.3 is 0 Å². The molecule has 0 bridgehead atoms. The number of rotatable bonds is 3. The standard InChI is InChI=1S/C17H17F2N/c1-12-5-2-3-6-14(12)17(10-20-11-17)9-13-15(18)7-4-8-16(13)19/h2-8,20H,9-11H2,1H3. The lowest BCUT2D eigenvalue weighted by atomic mass is 9.69. The van der Waals surface area contributed by atoms with Crippen LogP contribution >= 0.6 is 0 Å². The first kappa shape index (κ1) is 13.3. The van der Waals surface area contributed by atoms with E-state index in [9.17, 15) is 8.78 Å². The molecule has 3 heteroatoms. The monoisotopic (exact) mass is 273 g/mol. The summed E-state index contributed by atoms with van der Waals surface area (Å²) in [6.07, 6.45) is 0.392. The highest BCUT2D eigenvalue weighted by Gasteiger charge is 2.40. The third-order valence-corrected chi connectivity index (χ3v) is 4.22. The van der Waals surface area contributed by atoms with Gasteiger partial charge in [0.2, 0.25) is 0 Å². The molecule has 1 N–H and O–H groups in total. The third-order valence-electron chi connectivity index (χ3n) is 4.22. The molecule has 104 valence electrons. The molecule has 0 aromatic heterocycles. The zero-order chi connectivity index (χ0) is 14.2. The van der Waals surface area contributed by atoms with Crippen molar-refractivity contribution in [1.29, 1.82) is 0 Å². The number of hydrogen-bond acceptors (Lipinski definition) is 1. The normalized spacial score (nSPS) is 16.8. The lowest BCUT2D eigenvalue weighted by Crippen LogP contribution is -2.58. The van der Waals surface area contributed by atoms with Gasteiger partial charge in [0.25, 0.3) is 0 Å². The summed E-state index contributed by atoms with van der Waals surface area (Å²) < 4.78 is 27.8. The Kier molecular flexibility index (Phi) is 3.30. The third kappa shape index (κ3) is 2.12. The summed E-state index contributed by atoms with van der Waals surface area (Å²) in [5, 5.41) is 3.24. The Hall–Kier alpha value is -1.74. The van der Waals surface area contributed by atoms with E-state index in [1.165, 1.54) is 29.3 Å². The first-order chi connectivity index (χ1) is 9.62. The van der Waals surface area contributed by atoms with Gasteiger partial charge in [0.05, 0.1) is 0 Å². The van der Waals surface area contributed by atoms with Crippen molar-refractivity contribution in [3.8, 4) is 0 Å². The van der Waals surface area contributed by atoms with Gasteiger partial charge in [-0.05, 0) is 36.6 Å². The number of halogens is 2. The van der Waals surface area contributed by atoms with Crippen molar-refractivity contribution in [3.63, 3.8) is 0 Å². The molecule has 1 aliphatic heterocycles. The fourth-order valence-corrected chi connectivity index (χ4v) is 3.04. The molecular formula is C17H17F2N. The van der Waals surface area contributed by atoms with E-state index in [1.807, 2.05) is 25.1 Å². The number of benzene rings is 2. The van der Waals surface area contributed by atoms with Gasteiger partial charge in [-0.3, -0.25) is 0 Å². The van der Waals surface area contributed by atoms with Gasteiger partial charge < -0.3 is 5.32 Å². The van der Waals surface area contributed by atoms with E-state index in [4.69, 9.17) is 0 Å². The van der Waals surface area contributed by atoms with E-state index >= 15 is 0 Å². The van der Waals surface area contributed by atoms with Crippen LogP contribution in [-0.2, 0) is 11.8 Å². The molecule has 2 aromatic rings. The Balaban J connectivity index is 2.01. The Morgan fingerprint density at radius 3 is 2.20 bits per heavy atom. The van der Waals surface area contributed by atoms with Crippen molar-refractivity contribution in [1.82, 2.24) is 5.32 Å². The quantitative estimate of drug-likeness (QED) is 0.904. The van der Waals surface area contributed by atoms with Gasteiger partial charge in [-0.15, -0.1) is 0 Å². The molecule has 0 saturated carbocycles. The number of aryl methyl sites for hydroxylation is 1. The smallest absolute Gasteiger partial charge is 0.129 e. The fourth-order valence-electron chi connectivity index (χ4n) is 3.04.